The minimum atomic E-state index is -1.45. The molecule has 0 aliphatic rings. The van der Waals surface area contributed by atoms with E-state index in [4.69, 9.17) is 19.7 Å². The van der Waals surface area contributed by atoms with Crippen LogP contribution in [0.1, 0.15) is 12.8 Å². The van der Waals surface area contributed by atoms with Crippen LogP contribution in [0, 0.1) is 0 Å². The van der Waals surface area contributed by atoms with Crippen LogP contribution in [0.4, 0.5) is 4.79 Å². The van der Waals surface area contributed by atoms with Gasteiger partial charge in [-0.25, -0.2) is 9.59 Å². The molecule has 9 heteroatoms. The second kappa shape index (κ2) is 11.0. The molecule has 0 aromatic heterocycles. The Labute approximate surface area is 116 Å². The molecule has 2 amide bonds. The predicted octanol–water partition coefficient (Wildman–Crippen LogP) is -0.733. The van der Waals surface area contributed by atoms with Crippen LogP contribution >= 0.6 is 0 Å². The molecule has 0 bridgehead atoms. The first-order valence-electron chi connectivity index (χ1n) is 6.03. The largest absolute Gasteiger partial charge is 0.481 e. The first-order chi connectivity index (χ1) is 9.47. The molecule has 0 aromatic carbocycles. The van der Waals surface area contributed by atoms with Crippen LogP contribution in [0.5, 0.6) is 0 Å². The van der Waals surface area contributed by atoms with Crippen LogP contribution in [0.3, 0.4) is 0 Å². The predicted molar refractivity (Wildman–Crippen MR) is 67.5 cm³/mol. The van der Waals surface area contributed by atoms with Gasteiger partial charge in [-0.3, -0.25) is 4.79 Å². The third-order valence-electron chi connectivity index (χ3n) is 2.16. The van der Waals surface area contributed by atoms with Gasteiger partial charge in [-0.2, -0.15) is 0 Å². The molecule has 0 saturated carbocycles. The van der Waals surface area contributed by atoms with Crippen molar-refractivity contribution in [3.8, 4) is 0 Å². The highest BCUT2D eigenvalue weighted by molar-refractivity contribution is 5.86. The van der Waals surface area contributed by atoms with E-state index < -0.39 is 30.4 Å². The number of methoxy groups -OCH3 is 1. The van der Waals surface area contributed by atoms with E-state index in [0.29, 0.717) is 26.2 Å². The number of urea groups is 1. The molecular formula is C11H20N2O7. The van der Waals surface area contributed by atoms with Crippen molar-refractivity contribution in [3.05, 3.63) is 0 Å². The highest BCUT2D eigenvalue weighted by Gasteiger charge is 2.22. The summed E-state index contributed by atoms with van der Waals surface area (Å²) in [5.41, 5.74) is 0. The van der Waals surface area contributed by atoms with Crippen LogP contribution in [0.15, 0.2) is 0 Å². The molecule has 0 aromatic rings. The fourth-order valence-electron chi connectivity index (χ4n) is 1.20. The van der Waals surface area contributed by atoms with Crippen LogP contribution in [-0.4, -0.2) is 67.7 Å². The maximum absolute atomic E-state index is 11.3. The van der Waals surface area contributed by atoms with Crippen molar-refractivity contribution in [1.82, 2.24) is 10.6 Å². The molecule has 0 heterocycles. The SMILES string of the molecule is COCCOCCCNC(=O)N[C@@H](CC(=O)O)C(=O)O. The lowest BCUT2D eigenvalue weighted by molar-refractivity contribution is -0.145. The van der Waals surface area contributed by atoms with Crippen molar-refractivity contribution in [2.45, 2.75) is 18.9 Å². The zero-order valence-electron chi connectivity index (χ0n) is 11.3. The number of amides is 2. The normalized spacial score (nSPS) is 11.7. The summed E-state index contributed by atoms with van der Waals surface area (Å²) in [6.45, 7) is 1.67. The van der Waals surface area contributed by atoms with Gasteiger partial charge in [0.1, 0.15) is 6.04 Å². The number of hydrogen-bond acceptors (Lipinski definition) is 5. The molecule has 4 N–H and O–H groups in total. The Hall–Kier alpha value is -1.87. The van der Waals surface area contributed by atoms with Gasteiger partial charge >= 0.3 is 18.0 Å². The van der Waals surface area contributed by atoms with E-state index in [1.165, 1.54) is 0 Å². The van der Waals surface area contributed by atoms with Gasteiger partial charge in [-0.1, -0.05) is 0 Å². The lowest BCUT2D eigenvalue weighted by Crippen LogP contribution is -2.47. The third-order valence-corrected chi connectivity index (χ3v) is 2.16. The smallest absolute Gasteiger partial charge is 0.326 e. The average molecular weight is 292 g/mol. The van der Waals surface area contributed by atoms with Crippen molar-refractivity contribution >= 4 is 18.0 Å². The molecule has 0 aliphatic heterocycles. The first kappa shape index (κ1) is 18.1. The van der Waals surface area contributed by atoms with E-state index in [1.807, 2.05) is 0 Å². The fraction of sp³-hybridized carbons (Fsp3) is 0.727. The summed E-state index contributed by atoms with van der Waals surface area (Å²) in [5.74, 6) is -2.70. The Kier molecular flexibility index (Phi) is 9.97. The summed E-state index contributed by atoms with van der Waals surface area (Å²) >= 11 is 0. The van der Waals surface area contributed by atoms with Gasteiger partial charge in [0.05, 0.1) is 19.6 Å². The standard InChI is InChI=1S/C11H20N2O7/c1-19-5-6-20-4-2-3-12-11(18)13-8(10(16)17)7-9(14)15/h8H,2-7H2,1H3,(H,14,15)(H,16,17)(H2,12,13,18)/t8-/m0/s1. The van der Waals surface area contributed by atoms with E-state index in [0.717, 1.165) is 0 Å². The van der Waals surface area contributed by atoms with E-state index in [9.17, 15) is 14.4 Å². The lowest BCUT2D eigenvalue weighted by Gasteiger charge is -2.13. The Balaban J connectivity index is 3.75. The molecule has 20 heavy (non-hydrogen) atoms. The Morgan fingerprint density at radius 2 is 1.85 bits per heavy atom. The molecular weight excluding hydrogens is 272 g/mol. The highest BCUT2D eigenvalue weighted by Crippen LogP contribution is 1.92. The number of ether oxygens (including phenoxy) is 2. The highest BCUT2D eigenvalue weighted by atomic mass is 16.5. The van der Waals surface area contributed by atoms with Crippen molar-refractivity contribution in [1.29, 1.82) is 0 Å². The summed E-state index contributed by atoms with van der Waals surface area (Å²) in [5, 5.41) is 21.7. The van der Waals surface area contributed by atoms with Gasteiger partial charge in [0.15, 0.2) is 0 Å². The zero-order valence-corrected chi connectivity index (χ0v) is 11.3. The summed E-state index contributed by atoms with van der Waals surface area (Å²) in [6.07, 6.45) is -0.128. The second-order valence-electron chi connectivity index (χ2n) is 3.85. The number of nitrogens with one attached hydrogen (secondary N) is 2. The molecule has 0 rings (SSSR count). The summed E-state index contributed by atoms with van der Waals surface area (Å²) < 4.78 is 9.94. The molecule has 116 valence electrons. The van der Waals surface area contributed by atoms with Gasteiger partial charge in [-0.15, -0.1) is 0 Å². The maximum Gasteiger partial charge on any atom is 0.326 e. The quantitative estimate of drug-likeness (QED) is 0.369. The van der Waals surface area contributed by atoms with Crippen LogP contribution in [-0.2, 0) is 19.1 Å². The van der Waals surface area contributed by atoms with E-state index in [1.54, 1.807) is 7.11 Å². The Bertz CT molecular complexity index is 322. The number of carbonyl (C=O) groups is 3. The minimum Gasteiger partial charge on any atom is -0.481 e. The Morgan fingerprint density at radius 1 is 1.15 bits per heavy atom. The lowest BCUT2D eigenvalue weighted by atomic mass is 10.2. The number of rotatable bonds is 11. The summed E-state index contributed by atoms with van der Waals surface area (Å²) in [7, 11) is 1.56. The Morgan fingerprint density at radius 3 is 2.40 bits per heavy atom. The first-order valence-corrected chi connectivity index (χ1v) is 6.03. The number of carboxylic acids is 2. The van der Waals surface area contributed by atoms with Gasteiger partial charge in [0, 0.05) is 20.3 Å². The number of hydrogen-bond donors (Lipinski definition) is 4. The molecule has 0 spiro atoms. The van der Waals surface area contributed by atoms with Crippen LogP contribution < -0.4 is 10.6 Å². The third kappa shape index (κ3) is 10.1. The molecule has 9 nitrogen and oxygen atoms in total. The van der Waals surface area contributed by atoms with Gasteiger partial charge in [0.2, 0.25) is 0 Å². The van der Waals surface area contributed by atoms with Gasteiger partial charge in [0.25, 0.3) is 0 Å². The molecule has 1 atom stereocenters. The second-order valence-corrected chi connectivity index (χ2v) is 3.85. The number of carbonyl (C=O) groups excluding carboxylic acids is 1. The fourth-order valence-corrected chi connectivity index (χ4v) is 1.20. The topological polar surface area (TPSA) is 134 Å². The number of aliphatic carboxylic acids is 2. The van der Waals surface area contributed by atoms with E-state index >= 15 is 0 Å². The average Bonchev–Trinajstić information content (AvgIpc) is 2.36. The van der Waals surface area contributed by atoms with E-state index in [2.05, 4.69) is 10.6 Å². The van der Waals surface area contributed by atoms with Crippen molar-refractivity contribution in [3.63, 3.8) is 0 Å². The summed E-state index contributed by atoms with van der Waals surface area (Å²) in [4.78, 5) is 32.5. The van der Waals surface area contributed by atoms with Crippen molar-refractivity contribution < 1.29 is 34.1 Å². The summed E-state index contributed by atoms with van der Waals surface area (Å²) in [6, 6.07) is -2.18. The monoisotopic (exact) mass is 292 g/mol. The van der Waals surface area contributed by atoms with Crippen LogP contribution in [0.2, 0.25) is 0 Å². The van der Waals surface area contributed by atoms with Crippen molar-refractivity contribution in [2.75, 3.05) is 33.5 Å². The molecule has 0 saturated heterocycles. The molecule has 0 unspecified atom stereocenters. The van der Waals surface area contributed by atoms with Crippen LogP contribution in [0.25, 0.3) is 0 Å². The number of carboxylic acid groups (broad SMARTS) is 2. The van der Waals surface area contributed by atoms with Crippen molar-refractivity contribution in [2.24, 2.45) is 0 Å². The molecule has 0 aliphatic carbocycles. The minimum absolute atomic E-state index is 0.290. The van der Waals surface area contributed by atoms with Gasteiger partial charge < -0.3 is 30.3 Å². The van der Waals surface area contributed by atoms with Gasteiger partial charge in [-0.05, 0) is 6.42 Å². The maximum atomic E-state index is 11.3. The van der Waals surface area contributed by atoms with E-state index in [-0.39, 0.29) is 6.54 Å². The zero-order chi connectivity index (χ0) is 15.4. The molecule has 0 radical (unpaired) electrons. The molecule has 0 fully saturated rings.